The van der Waals surface area contributed by atoms with Crippen molar-refractivity contribution in [2.75, 3.05) is 27.2 Å². The van der Waals surface area contributed by atoms with Crippen molar-refractivity contribution in [2.24, 2.45) is 0 Å². The van der Waals surface area contributed by atoms with Gasteiger partial charge in [-0.25, -0.2) is 4.79 Å². The van der Waals surface area contributed by atoms with Crippen LogP contribution < -0.4 is 10.1 Å². The standard InChI is InChI=1S/C24H31N3O3/c1-24(2,3)19-10-8-18(9-11-19)22-26(21(28)16-27(22)23(29)25-4)15-14-17-6-12-20(30-5)13-7-17/h6-13,22H,14-16H2,1-5H3,(H,25,29). The lowest BCUT2D eigenvalue weighted by Crippen LogP contribution is -2.40. The van der Waals surface area contributed by atoms with Gasteiger partial charge in [-0.1, -0.05) is 57.2 Å². The van der Waals surface area contributed by atoms with Gasteiger partial charge in [0.15, 0.2) is 0 Å². The molecule has 1 heterocycles. The van der Waals surface area contributed by atoms with E-state index in [2.05, 4.69) is 38.2 Å². The lowest BCUT2D eigenvalue weighted by Gasteiger charge is -2.31. The number of amides is 3. The number of nitrogens with one attached hydrogen (secondary N) is 1. The summed E-state index contributed by atoms with van der Waals surface area (Å²) in [4.78, 5) is 28.7. The van der Waals surface area contributed by atoms with E-state index >= 15 is 0 Å². The summed E-state index contributed by atoms with van der Waals surface area (Å²) < 4.78 is 5.21. The van der Waals surface area contributed by atoms with E-state index in [9.17, 15) is 9.59 Å². The van der Waals surface area contributed by atoms with Crippen LogP contribution in [-0.2, 0) is 16.6 Å². The van der Waals surface area contributed by atoms with Crippen LogP contribution in [0.3, 0.4) is 0 Å². The van der Waals surface area contributed by atoms with Crippen molar-refractivity contribution < 1.29 is 14.3 Å². The second-order valence-corrected chi connectivity index (χ2v) is 8.61. The number of nitrogens with zero attached hydrogens (tertiary/aromatic N) is 2. The number of benzene rings is 2. The lowest BCUT2D eigenvalue weighted by atomic mass is 9.86. The summed E-state index contributed by atoms with van der Waals surface area (Å²) in [6.45, 7) is 7.11. The summed E-state index contributed by atoms with van der Waals surface area (Å²) in [5.74, 6) is 0.760. The quantitative estimate of drug-likeness (QED) is 0.819. The Kier molecular flexibility index (Phi) is 6.34. The molecule has 1 N–H and O–H groups in total. The van der Waals surface area contributed by atoms with Crippen LogP contribution in [0.4, 0.5) is 4.79 Å². The molecule has 0 saturated carbocycles. The van der Waals surface area contributed by atoms with Crippen molar-refractivity contribution >= 4 is 11.9 Å². The number of carbonyl (C=O) groups excluding carboxylic acids is 2. The third-order valence-corrected chi connectivity index (χ3v) is 5.57. The van der Waals surface area contributed by atoms with Crippen molar-refractivity contribution in [2.45, 2.75) is 38.8 Å². The largest absolute Gasteiger partial charge is 0.497 e. The van der Waals surface area contributed by atoms with Crippen molar-refractivity contribution in [1.29, 1.82) is 0 Å². The van der Waals surface area contributed by atoms with Gasteiger partial charge in [0.05, 0.1) is 7.11 Å². The Balaban J connectivity index is 1.85. The van der Waals surface area contributed by atoms with E-state index in [1.807, 2.05) is 36.4 Å². The molecule has 2 aromatic carbocycles. The van der Waals surface area contributed by atoms with Gasteiger partial charge < -0.3 is 15.0 Å². The first-order chi connectivity index (χ1) is 14.2. The van der Waals surface area contributed by atoms with Gasteiger partial charge in [-0.05, 0) is 40.7 Å². The predicted molar refractivity (Wildman–Crippen MR) is 117 cm³/mol. The molecule has 3 rings (SSSR count). The Morgan fingerprint density at radius 1 is 1.10 bits per heavy atom. The van der Waals surface area contributed by atoms with Crippen LogP contribution >= 0.6 is 0 Å². The molecule has 30 heavy (non-hydrogen) atoms. The molecule has 1 fully saturated rings. The van der Waals surface area contributed by atoms with Crippen LogP contribution in [0.25, 0.3) is 0 Å². The van der Waals surface area contributed by atoms with Gasteiger partial charge in [0, 0.05) is 13.6 Å². The molecule has 160 valence electrons. The predicted octanol–water partition coefficient (Wildman–Crippen LogP) is 3.72. The van der Waals surface area contributed by atoms with Crippen molar-refractivity contribution in [3.8, 4) is 5.75 Å². The fourth-order valence-corrected chi connectivity index (χ4v) is 3.76. The smallest absolute Gasteiger partial charge is 0.319 e. The Morgan fingerprint density at radius 3 is 2.27 bits per heavy atom. The van der Waals surface area contributed by atoms with Gasteiger partial charge >= 0.3 is 6.03 Å². The zero-order valence-corrected chi connectivity index (χ0v) is 18.4. The monoisotopic (exact) mass is 409 g/mol. The van der Waals surface area contributed by atoms with E-state index in [0.29, 0.717) is 13.0 Å². The minimum absolute atomic E-state index is 0.0402. The third-order valence-electron chi connectivity index (χ3n) is 5.57. The van der Waals surface area contributed by atoms with Crippen molar-refractivity contribution in [3.63, 3.8) is 0 Å². The van der Waals surface area contributed by atoms with Gasteiger partial charge in [0.2, 0.25) is 5.91 Å². The molecule has 1 unspecified atom stereocenters. The molecule has 0 bridgehead atoms. The van der Waals surface area contributed by atoms with E-state index in [1.54, 1.807) is 24.0 Å². The maximum atomic E-state index is 12.8. The van der Waals surface area contributed by atoms with Crippen LogP contribution in [0.15, 0.2) is 48.5 Å². The highest BCUT2D eigenvalue weighted by molar-refractivity contribution is 5.88. The SMILES string of the molecule is CNC(=O)N1CC(=O)N(CCc2ccc(OC)cc2)C1c1ccc(C(C)(C)C)cc1. The van der Waals surface area contributed by atoms with E-state index in [-0.39, 0.29) is 23.9 Å². The molecule has 1 aliphatic rings. The Morgan fingerprint density at radius 2 is 1.73 bits per heavy atom. The molecular formula is C24H31N3O3. The molecule has 2 aromatic rings. The molecule has 6 nitrogen and oxygen atoms in total. The second kappa shape index (κ2) is 8.78. The van der Waals surface area contributed by atoms with Crippen LogP contribution in [0, 0.1) is 0 Å². The normalized spacial score (nSPS) is 16.7. The van der Waals surface area contributed by atoms with Crippen molar-refractivity contribution in [3.05, 3.63) is 65.2 Å². The van der Waals surface area contributed by atoms with Crippen molar-refractivity contribution in [1.82, 2.24) is 15.1 Å². The van der Waals surface area contributed by atoms with Gasteiger partial charge in [-0.2, -0.15) is 0 Å². The highest BCUT2D eigenvalue weighted by Gasteiger charge is 2.41. The maximum Gasteiger partial charge on any atom is 0.319 e. The molecule has 0 radical (unpaired) electrons. The van der Waals surface area contributed by atoms with E-state index < -0.39 is 6.17 Å². The van der Waals surface area contributed by atoms with Crippen LogP contribution in [0.1, 0.15) is 43.6 Å². The van der Waals surface area contributed by atoms with Crippen LogP contribution in [0.2, 0.25) is 0 Å². The number of carbonyl (C=O) groups is 2. The molecule has 6 heteroatoms. The van der Waals surface area contributed by atoms with Gasteiger partial charge in [0.25, 0.3) is 0 Å². The second-order valence-electron chi connectivity index (χ2n) is 8.61. The summed E-state index contributed by atoms with van der Waals surface area (Å²) in [5, 5.41) is 2.66. The molecule has 0 spiro atoms. The minimum atomic E-state index is -0.412. The molecule has 0 aliphatic carbocycles. The van der Waals surface area contributed by atoms with E-state index in [0.717, 1.165) is 16.9 Å². The average Bonchev–Trinajstić information content (AvgIpc) is 3.07. The van der Waals surface area contributed by atoms with Crippen LogP contribution in [-0.4, -0.2) is 49.0 Å². The topological polar surface area (TPSA) is 61.9 Å². The Labute approximate surface area is 178 Å². The summed E-state index contributed by atoms with van der Waals surface area (Å²) in [5.41, 5.74) is 3.31. The fourth-order valence-electron chi connectivity index (χ4n) is 3.76. The highest BCUT2D eigenvalue weighted by Crippen LogP contribution is 2.33. The first-order valence-corrected chi connectivity index (χ1v) is 10.3. The molecule has 1 saturated heterocycles. The molecule has 0 aromatic heterocycles. The summed E-state index contributed by atoms with van der Waals surface area (Å²) >= 11 is 0. The van der Waals surface area contributed by atoms with Gasteiger partial charge in [-0.15, -0.1) is 0 Å². The van der Waals surface area contributed by atoms with Gasteiger partial charge in [0.1, 0.15) is 18.5 Å². The number of ether oxygens (including phenoxy) is 1. The highest BCUT2D eigenvalue weighted by atomic mass is 16.5. The summed E-state index contributed by atoms with van der Waals surface area (Å²) in [6.07, 6.45) is 0.290. The minimum Gasteiger partial charge on any atom is -0.497 e. The van der Waals surface area contributed by atoms with E-state index in [4.69, 9.17) is 4.74 Å². The third kappa shape index (κ3) is 4.58. The molecular weight excluding hydrogens is 378 g/mol. The molecule has 1 aliphatic heterocycles. The first-order valence-electron chi connectivity index (χ1n) is 10.3. The number of urea groups is 1. The number of hydrogen-bond acceptors (Lipinski definition) is 3. The van der Waals surface area contributed by atoms with Crippen LogP contribution in [0.5, 0.6) is 5.75 Å². The Bertz CT molecular complexity index is 885. The van der Waals surface area contributed by atoms with E-state index in [1.165, 1.54) is 5.56 Å². The fraction of sp³-hybridized carbons (Fsp3) is 0.417. The lowest BCUT2D eigenvalue weighted by molar-refractivity contribution is -0.128. The molecule has 3 amide bonds. The zero-order valence-electron chi connectivity index (χ0n) is 18.4. The average molecular weight is 410 g/mol. The maximum absolute atomic E-state index is 12.8. The Hall–Kier alpha value is -3.02. The molecule has 1 atom stereocenters. The van der Waals surface area contributed by atoms with Gasteiger partial charge in [-0.3, -0.25) is 9.69 Å². The first kappa shape index (κ1) is 21.7. The zero-order chi connectivity index (χ0) is 21.9. The number of hydrogen-bond donors (Lipinski definition) is 1. The number of methoxy groups -OCH3 is 1. The summed E-state index contributed by atoms with van der Waals surface area (Å²) in [6, 6.07) is 15.8. The summed E-state index contributed by atoms with van der Waals surface area (Å²) in [7, 11) is 3.23. The number of rotatable bonds is 5.